The van der Waals surface area contributed by atoms with E-state index in [1.54, 1.807) is 0 Å². The number of rotatable bonds is 6. The molecule has 0 saturated carbocycles. The van der Waals surface area contributed by atoms with E-state index in [0.29, 0.717) is 12.5 Å². The number of hydrogen-bond donors (Lipinski definition) is 3. The van der Waals surface area contributed by atoms with Gasteiger partial charge in [-0.25, -0.2) is 17.9 Å². The Hall–Kier alpha value is -1.34. The Morgan fingerprint density at radius 3 is 2.65 bits per heavy atom. The molecule has 7 heteroatoms. The zero-order chi connectivity index (χ0) is 13.1. The van der Waals surface area contributed by atoms with Crippen molar-refractivity contribution in [1.29, 1.82) is 0 Å². The van der Waals surface area contributed by atoms with E-state index in [4.69, 9.17) is 5.11 Å². The van der Waals surface area contributed by atoms with Crippen LogP contribution in [-0.4, -0.2) is 31.0 Å². The fraction of sp³-hybridized carbons (Fsp3) is 0.500. The van der Waals surface area contributed by atoms with Crippen LogP contribution in [0.4, 0.5) is 0 Å². The summed E-state index contributed by atoms with van der Waals surface area (Å²) in [5.41, 5.74) is -0.144. The average molecular weight is 260 g/mol. The molecule has 0 bridgehead atoms. The van der Waals surface area contributed by atoms with Gasteiger partial charge in [-0.2, -0.15) is 0 Å². The second kappa shape index (κ2) is 5.33. The fourth-order valence-electron chi connectivity index (χ4n) is 1.22. The van der Waals surface area contributed by atoms with Crippen molar-refractivity contribution < 1.29 is 18.3 Å². The maximum atomic E-state index is 11.7. The van der Waals surface area contributed by atoms with Crippen LogP contribution in [0.3, 0.4) is 0 Å². The number of nitrogens with one attached hydrogen (secondary N) is 2. The lowest BCUT2D eigenvalue weighted by Gasteiger charge is -2.06. The molecule has 0 atom stereocenters. The van der Waals surface area contributed by atoms with Crippen LogP contribution in [0.2, 0.25) is 0 Å². The van der Waals surface area contributed by atoms with Gasteiger partial charge in [-0.1, -0.05) is 13.8 Å². The Kier molecular flexibility index (Phi) is 4.30. The first-order valence-electron chi connectivity index (χ1n) is 5.24. The highest BCUT2D eigenvalue weighted by Crippen LogP contribution is 2.10. The molecule has 0 aromatic carbocycles. The summed E-state index contributed by atoms with van der Waals surface area (Å²) in [6, 6.07) is 1.10. The van der Waals surface area contributed by atoms with E-state index in [1.165, 1.54) is 6.20 Å². The number of sulfonamides is 1. The quantitative estimate of drug-likeness (QED) is 0.711. The van der Waals surface area contributed by atoms with Crippen LogP contribution in [-0.2, 0) is 10.0 Å². The average Bonchev–Trinajstić information content (AvgIpc) is 2.65. The third-order valence-electron chi connectivity index (χ3n) is 2.21. The van der Waals surface area contributed by atoms with E-state index in [2.05, 4.69) is 9.71 Å². The molecule has 0 fully saturated rings. The van der Waals surface area contributed by atoms with Crippen molar-refractivity contribution in [2.75, 3.05) is 6.54 Å². The van der Waals surface area contributed by atoms with Gasteiger partial charge in [0.25, 0.3) is 0 Å². The number of carboxylic acid groups (broad SMARTS) is 1. The minimum absolute atomic E-state index is 0.0568. The topological polar surface area (TPSA) is 99.3 Å². The first kappa shape index (κ1) is 13.7. The number of hydrogen-bond acceptors (Lipinski definition) is 3. The summed E-state index contributed by atoms with van der Waals surface area (Å²) < 4.78 is 25.9. The molecule has 0 aliphatic rings. The summed E-state index contributed by atoms with van der Waals surface area (Å²) >= 11 is 0. The minimum atomic E-state index is -3.61. The Balaban J connectivity index is 2.72. The SMILES string of the molecule is CC(C)CCNS(=O)(=O)c1c[nH]c(C(=O)O)c1. The van der Waals surface area contributed by atoms with E-state index < -0.39 is 16.0 Å². The van der Waals surface area contributed by atoms with Crippen LogP contribution in [0, 0.1) is 5.92 Å². The number of carboxylic acids is 1. The summed E-state index contributed by atoms with van der Waals surface area (Å²) in [4.78, 5) is 12.9. The van der Waals surface area contributed by atoms with E-state index in [1.807, 2.05) is 13.8 Å². The van der Waals surface area contributed by atoms with Gasteiger partial charge in [-0.05, 0) is 18.4 Å². The monoisotopic (exact) mass is 260 g/mol. The smallest absolute Gasteiger partial charge is 0.352 e. The van der Waals surface area contributed by atoms with E-state index >= 15 is 0 Å². The highest BCUT2D eigenvalue weighted by atomic mass is 32.2. The van der Waals surface area contributed by atoms with Gasteiger partial charge in [-0.15, -0.1) is 0 Å². The van der Waals surface area contributed by atoms with Crippen LogP contribution < -0.4 is 4.72 Å². The highest BCUT2D eigenvalue weighted by Gasteiger charge is 2.17. The maximum absolute atomic E-state index is 11.7. The Bertz CT molecular complexity index is 490. The first-order chi connectivity index (χ1) is 7.83. The van der Waals surface area contributed by atoms with Gasteiger partial charge in [0.05, 0.1) is 0 Å². The molecule has 3 N–H and O–H groups in total. The summed E-state index contributed by atoms with van der Waals surface area (Å²) in [5, 5.41) is 8.67. The van der Waals surface area contributed by atoms with Gasteiger partial charge in [0.15, 0.2) is 0 Å². The molecule has 1 rings (SSSR count). The molecule has 0 unspecified atom stereocenters. The Morgan fingerprint density at radius 2 is 2.18 bits per heavy atom. The van der Waals surface area contributed by atoms with Crippen LogP contribution in [0.5, 0.6) is 0 Å². The van der Waals surface area contributed by atoms with Crippen LogP contribution in [0.1, 0.15) is 30.8 Å². The molecule has 0 amide bonds. The fourth-order valence-corrected chi connectivity index (χ4v) is 2.26. The number of aromatic nitrogens is 1. The molecule has 1 aromatic heterocycles. The lowest BCUT2D eigenvalue weighted by Crippen LogP contribution is -2.25. The molecule has 0 spiro atoms. The first-order valence-corrected chi connectivity index (χ1v) is 6.72. The molecule has 1 aromatic rings. The molecule has 96 valence electrons. The third-order valence-corrected chi connectivity index (χ3v) is 3.65. The van der Waals surface area contributed by atoms with E-state index in [0.717, 1.165) is 12.5 Å². The largest absolute Gasteiger partial charge is 0.477 e. The van der Waals surface area contributed by atoms with Gasteiger partial charge >= 0.3 is 5.97 Å². The highest BCUT2D eigenvalue weighted by molar-refractivity contribution is 7.89. The Labute approximate surface area is 100 Å². The predicted molar refractivity (Wildman–Crippen MR) is 62.4 cm³/mol. The molecule has 17 heavy (non-hydrogen) atoms. The zero-order valence-corrected chi connectivity index (χ0v) is 10.5. The minimum Gasteiger partial charge on any atom is -0.477 e. The molecular weight excluding hydrogens is 244 g/mol. The van der Waals surface area contributed by atoms with Crippen molar-refractivity contribution in [3.8, 4) is 0 Å². The molecule has 0 saturated heterocycles. The zero-order valence-electron chi connectivity index (χ0n) is 9.73. The molecule has 0 aliphatic heterocycles. The van der Waals surface area contributed by atoms with Gasteiger partial charge < -0.3 is 10.1 Å². The standard InChI is InChI=1S/C10H16N2O4S/c1-7(2)3-4-12-17(15,16)8-5-9(10(13)14)11-6-8/h5-7,11-12H,3-4H2,1-2H3,(H,13,14). The Morgan fingerprint density at radius 1 is 1.53 bits per heavy atom. The lowest BCUT2D eigenvalue weighted by atomic mass is 10.1. The summed E-state index contributed by atoms with van der Waals surface area (Å²) in [7, 11) is -3.61. The van der Waals surface area contributed by atoms with Crippen molar-refractivity contribution in [2.45, 2.75) is 25.2 Å². The third kappa shape index (κ3) is 3.86. The number of aromatic amines is 1. The van der Waals surface area contributed by atoms with Gasteiger partial charge in [0, 0.05) is 12.7 Å². The van der Waals surface area contributed by atoms with Crippen LogP contribution in [0.25, 0.3) is 0 Å². The van der Waals surface area contributed by atoms with Crippen molar-refractivity contribution in [2.24, 2.45) is 5.92 Å². The van der Waals surface area contributed by atoms with E-state index in [-0.39, 0.29) is 10.6 Å². The number of aromatic carboxylic acids is 1. The number of H-pyrrole nitrogens is 1. The molecule has 0 aliphatic carbocycles. The van der Waals surface area contributed by atoms with Gasteiger partial charge in [0.2, 0.25) is 10.0 Å². The number of carbonyl (C=O) groups is 1. The lowest BCUT2D eigenvalue weighted by molar-refractivity contribution is 0.0691. The van der Waals surface area contributed by atoms with Gasteiger partial charge in [0.1, 0.15) is 10.6 Å². The maximum Gasteiger partial charge on any atom is 0.352 e. The summed E-state index contributed by atoms with van der Waals surface area (Å²) in [6.07, 6.45) is 1.90. The molecule has 6 nitrogen and oxygen atoms in total. The summed E-state index contributed by atoms with van der Waals surface area (Å²) in [6.45, 7) is 4.33. The van der Waals surface area contributed by atoms with E-state index in [9.17, 15) is 13.2 Å². The second-order valence-corrected chi connectivity index (χ2v) is 5.90. The molecular formula is C10H16N2O4S. The van der Waals surface area contributed by atoms with Crippen molar-refractivity contribution in [3.05, 3.63) is 18.0 Å². The van der Waals surface area contributed by atoms with Crippen molar-refractivity contribution in [1.82, 2.24) is 9.71 Å². The summed E-state index contributed by atoms with van der Waals surface area (Å²) in [5.74, 6) is -0.785. The van der Waals surface area contributed by atoms with Crippen molar-refractivity contribution >= 4 is 16.0 Å². The normalized spacial score (nSPS) is 11.9. The predicted octanol–water partition coefficient (Wildman–Crippen LogP) is 1.04. The van der Waals surface area contributed by atoms with Crippen molar-refractivity contribution in [3.63, 3.8) is 0 Å². The van der Waals surface area contributed by atoms with Crippen LogP contribution >= 0.6 is 0 Å². The van der Waals surface area contributed by atoms with Crippen LogP contribution in [0.15, 0.2) is 17.2 Å². The molecule has 0 radical (unpaired) electrons. The van der Waals surface area contributed by atoms with Gasteiger partial charge in [-0.3, -0.25) is 0 Å². The second-order valence-electron chi connectivity index (χ2n) is 4.13. The molecule has 1 heterocycles.